The second-order valence-electron chi connectivity index (χ2n) is 4.48. The van der Waals surface area contributed by atoms with Gasteiger partial charge in [-0.05, 0) is 50.0 Å². The van der Waals surface area contributed by atoms with Crippen LogP contribution in [0.2, 0.25) is 0 Å². The summed E-state index contributed by atoms with van der Waals surface area (Å²) >= 11 is 6.97. The monoisotopic (exact) mass is 293 g/mol. The van der Waals surface area contributed by atoms with Gasteiger partial charge < -0.3 is 15.1 Å². The Labute approximate surface area is 121 Å². The quantitative estimate of drug-likeness (QED) is 0.852. The molecule has 0 spiro atoms. The van der Waals surface area contributed by atoms with Gasteiger partial charge in [0.1, 0.15) is 5.76 Å². The molecule has 6 heteroatoms. The van der Waals surface area contributed by atoms with Crippen molar-refractivity contribution in [2.45, 2.75) is 32.2 Å². The first-order chi connectivity index (χ1) is 9.31. The fraction of sp³-hybridized carbons (Fsp3) is 0.385. The number of anilines is 1. The maximum Gasteiger partial charge on any atom is 0.189 e. The Bertz CT molecular complexity index is 539. The van der Waals surface area contributed by atoms with E-state index in [9.17, 15) is 0 Å². The third kappa shape index (κ3) is 3.13. The van der Waals surface area contributed by atoms with Crippen molar-refractivity contribution in [2.75, 3.05) is 5.32 Å². The SMILES string of the molecule is S=C(NCc1ccco1)Nc1nc2c(s1)CCCC2. The van der Waals surface area contributed by atoms with E-state index in [0.29, 0.717) is 11.7 Å². The summed E-state index contributed by atoms with van der Waals surface area (Å²) in [6.45, 7) is 0.587. The summed E-state index contributed by atoms with van der Waals surface area (Å²) in [5, 5.41) is 7.73. The Morgan fingerprint density at radius 1 is 1.42 bits per heavy atom. The molecule has 1 aliphatic carbocycles. The van der Waals surface area contributed by atoms with Gasteiger partial charge in [0.15, 0.2) is 10.2 Å². The van der Waals surface area contributed by atoms with Crippen molar-refractivity contribution in [2.24, 2.45) is 0 Å². The number of nitrogens with one attached hydrogen (secondary N) is 2. The molecule has 0 saturated heterocycles. The Hall–Kier alpha value is -1.40. The van der Waals surface area contributed by atoms with Crippen molar-refractivity contribution in [1.82, 2.24) is 10.3 Å². The van der Waals surface area contributed by atoms with Crippen LogP contribution in [0.25, 0.3) is 0 Å². The zero-order chi connectivity index (χ0) is 13.1. The van der Waals surface area contributed by atoms with Crippen LogP contribution in [0.4, 0.5) is 5.13 Å². The molecule has 2 heterocycles. The minimum Gasteiger partial charge on any atom is -0.467 e. The zero-order valence-electron chi connectivity index (χ0n) is 10.4. The molecule has 0 atom stereocenters. The molecular weight excluding hydrogens is 278 g/mol. The van der Waals surface area contributed by atoms with E-state index < -0.39 is 0 Å². The fourth-order valence-electron chi connectivity index (χ4n) is 2.13. The standard InChI is InChI=1S/C13H15N3OS2/c18-12(14-8-9-4-3-7-17-9)16-13-15-10-5-1-2-6-11(10)19-13/h3-4,7H,1-2,5-6,8H2,(H2,14,15,16,18). The molecule has 3 rings (SSSR count). The van der Waals surface area contributed by atoms with Gasteiger partial charge in [-0.1, -0.05) is 0 Å². The van der Waals surface area contributed by atoms with E-state index in [4.69, 9.17) is 16.6 Å². The van der Waals surface area contributed by atoms with Crippen LogP contribution in [0, 0.1) is 0 Å². The molecular formula is C13H15N3OS2. The van der Waals surface area contributed by atoms with Crippen molar-refractivity contribution >= 4 is 33.8 Å². The number of thiazole rings is 1. The smallest absolute Gasteiger partial charge is 0.189 e. The average molecular weight is 293 g/mol. The molecule has 2 aromatic rings. The number of thiocarbonyl (C=S) groups is 1. The van der Waals surface area contributed by atoms with E-state index in [0.717, 1.165) is 23.7 Å². The number of nitrogens with zero attached hydrogens (tertiary/aromatic N) is 1. The van der Waals surface area contributed by atoms with E-state index in [1.54, 1.807) is 17.6 Å². The number of aryl methyl sites for hydroxylation is 2. The summed E-state index contributed by atoms with van der Waals surface area (Å²) in [7, 11) is 0. The number of furan rings is 1. The molecule has 0 aliphatic heterocycles. The summed E-state index contributed by atoms with van der Waals surface area (Å²) < 4.78 is 5.24. The number of hydrogen-bond acceptors (Lipinski definition) is 4. The van der Waals surface area contributed by atoms with Crippen molar-refractivity contribution in [1.29, 1.82) is 0 Å². The topological polar surface area (TPSA) is 50.1 Å². The minimum absolute atomic E-state index is 0.586. The summed E-state index contributed by atoms with van der Waals surface area (Å²) in [6.07, 6.45) is 6.43. The summed E-state index contributed by atoms with van der Waals surface area (Å²) in [5.74, 6) is 0.864. The van der Waals surface area contributed by atoms with Crippen LogP contribution < -0.4 is 10.6 Å². The molecule has 1 aliphatic rings. The van der Waals surface area contributed by atoms with Gasteiger partial charge in [0.2, 0.25) is 0 Å². The van der Waals surface area contributed by atoms with E-state index >= 15 is 0 Å². The molecule has 0 saturated carbocycles. The van der Waals surface area contributed by atoms with E-state index in [1.165, 1.54) is 23.4 Å². The van der Waals surface area contributed by atoms with Gasteiger partial charge in [-0.25, -0.2) is 4.98 Å². The highest BCUT2D eigenvalue weighted by Gasteiger charge is 2.15. The van der Waals surface area contributed by atoms with Crippen LogP contribution in [-0.2, 0) is 19.4 Å². The second-order valence-corrected chi connectivity index (χ2v) is 5.97. The van der Waals surface area contributed by atoms with Crippen LogP contribution >= 0.6 is 23.6 Å². The highest BCUT2D eigenvalue weighted by molar-refractivity contribution is 7.80. The van der Waals surface area contributed by atoms with Gasteiger partial charge in [0, 0.05) is 4.88 Å². The maximum atomic E-state index is 5.25. The Kier molecular flexibility index (Phi) is 3.79. The lowest BCUT2D eigenvalue weighted by atomic mass is 10.0. The molecule has 100 valence electrons. The van der Waals surface area contributed by atoms with E-state index in [-0.39, 0.29) is 0 Å². The number of hydrogen-bond donors (Lipinski definition) is 2. The highest BCUT2D eigenvalue weighted by Crippen LogP contribution is 2.29. The largest absolute Gasteiger partial charge is 0.467 e. The lowest BCUT2D eigenvalue weighted by Gasteiger charge is -2.06. The van der Waals surface area contributed by atoms with Gasteiger partial charge in [0.25, 0.3) is 0 Å². The molecule has 0 radical (unpaired) electrons. The molecule has 0 amide bonds. The Morgan fingerprint density at radius 2 is 2.32 bits per heavy atom. The summed E-state index contributed by atoms with van der Waals surface area (Å²) in [5.41, 5.74) is 1.24. The fourth-order valence-corrected chi connectivity index (χ4v) is 3.42. The summed E-state index contributed by atoms with van der Waals surface area (Å²) in [4.78, 5) is 6.00. The molecule has 0 fully saturated rings. The molecule has 0 unspecified atom stereocenters. The number of fused-ring (bicyclic) bond motifs is 1. The third-order valence-corrected chi connectivity index (χ3v) is 4.39. The lowest BCUT2D eigenvalue weighted by molar-refractivity contribution is 0.503. The van der Waals surface area contributed by atoms with Crippen LogP contribution in [-0.4, -0.2) is 10.1 Å². The van der Waals surface area contributed by atoms with Crippen molar-refractivity contribution in [3.63, 3.8) is 0 Å². The van der Waals surface area contributed by atoms with E-state index in [1.807, 2.05) is 12.1 Å². The summed E-state index contributed by atoms with van der Waals surface area (Å²) in [6, 6.07) is 3.78. The van der Waals surface area contributed by atoms with Gasteiger partial charge in [-0.3, -0.25) is 0 Å². The van der Waals surface area contributed by atoms with Crippen LogP contribution in [0.15, 0.2) is 22.8 Å². The molecule has 4 nitrogen and oxygen atoms in total. The average Bonchev–Trinajstić information content (AvgIpc) is 3.04. The number of rotatable bonds is 3. The van der Waals surface area contributed by atoms with Crippen LogP contribution in [0.3, 0.4) is 0 Å². The van der Waals surface area contributed by atoms with Gasteiger partial charge in [-0.2, -0.15) is 0 Å². The number of aromatic nitrogens is 1. The lowest BCUT2D eigenvalue weighted by Crippen LogP contribution is -2.27. The molecule has 2 aromatic heterocycles. The zero-order valence-corrected chi connectivity index (χ0v) is 12.1. The predicted octanol–water partition coefficient (Wildman–Crippen LogP) is 3.10. The minimum atomic E-state index is 0.586. The molecule has 2 N–H and O–H groups in total. The van der Waals surface area contributed by atoms with Crippen LogP contribution in [0.5, 0.6) is 0 Å². The predicted molar refractivity (Wildman–Crippen MR) is 80.5 cm³/mol. The van der Waals surface area contributed by atoms with Crippen LogP contribution in [0.1, 0.15) is 29.2 Å². The van der Waals surface area contributed by atoms with Crippen molar-refractivity contribution in [3.05, 3.63) is 34.7 Å². The first-order valence-corrected chi connectivity index (χ1v) is 7.59. The van der Waals surface area contributed by atoms with E-state index in [2.05, 4.69) is 15.6 Å². The van der Waals surface area contributed by atoms with Crippen molar-refractivity contribution in [3.8, 4) is 0 Å². The highest BCUT2D eigenvalue weighted by atomic mass is 32.1. The van der Waals surface area contributed by atoms with Crippen molar-refractivity contribution < 1.29 is 4.42 Å². The molecule has 19 heavy (non-hydrogen) atoms. The second kappa shape index (κ2) is 5.71. The molecule has 0 bridgehead atoms. The van der Waals surface area contributed by atoms with Gasteiger partial charge in [0.05, 0.1) is 18.5 Å². The first kappa shape index (κ1) is 12.6. The molecule has 0 aromatic carbocycles. The Morgan fingerprint density at radius 3 is 3.11 bits per heavy atom. The third-order valence-electron chi connectivity index (χ3n) is 3.07. The normalized spacial score (nSPS) is 13.9. The van der Waals surface area contributed by atoms with Gasteiger partial charge in [-0.15, -0.1) is 11.3 Å². The Balaban J connectivity index is 1.55. The maximum absolute atomic E-state index is 5.25. The first-order valence-electron chi connectivity index (χ1n) is 6.37. The van der Waals surface area contributed by atoms with Gasteiger partial charge >= 0.3 is 0 Å².